The fourth-order valence-electron chi connectivity index (χ4n) is 12.7. The Morgan fingerprint density at radius 3 is 1.24 bits per heavy atom. The van der Waals surface area contributed by atoms with E-state index in [0.29, 0.717) is 47.6 Å². The third-order valence-corrected chi connectivity index (χ3v) is 30.4. The van der Waals surface area contributed by atoms with E-state index < -0.39 is 37.5 Å². The van der Waals surface area contributed by atoms with Crippen LogP contribution in [0.4, 0.5) is 11.6 Å². The minimum absolute atomic E-state index is 0.00737. The first-order valence-corrected chi connectivity index (χ1v) is 45.3. The number of aromatic nitrogens is 6. The minimum atomic E-state index is -3.88. The SMILES string of the molecule is COP(=O)(CO)CCC1CCN(c2ncnc3cc(C)c(C)cc23)CC1.COP(=O)(CO)CCC1CCNCC1.COP(=O)(CP(=O)(OC)OC)OC.Cc1cc2ncnc(Cl)c2cc1C.Cc1cc2ncnc(N3CCC(CCP(=O)(O)O)CC3)c2cc1C.O=CC1CCN(Cc2ccccc2)CC1. The molecule has 2 atom stereocenters. The number of carbonyl (C=O) groups excluding carboxylic acids is 1. The summed E-state index contributed by atoms with van der Waals surface area (Å²) in [5.41, 5.74) is 11.6. The number of nitrogens with one attached hydrogen (secondary N) is 1. The van der Waals surface area contributed by atoms with E-state index in [1.54, 1.807) is 12.7 Å². The van der Waals surface area contributed by atoms with Crippen LogP contribution in [0.25, 0.3) is 32.7 Å². The number of fused-ring (bicyclic) bond motifs is 3. The highest BCUT2D eigenvalue weighted by molar-refractivity contribution is 7.71. The summed E-state index contributed by atoms with van der Waals surface area (Å²) in [5.74, 6) is 3.43. The fraction of sp³-hybridized carbons (Fsp3) is 0.575. The van der Waals surface area contributed by atoms with Crippen LogP contribution in [-0.2, 0) is 61.3 Å². The summed E-state index contributed by atoms with van der Waals surface area (Å²) >= 11 is 5.93. The summed E-state index contributed by atoms with van der Waals surface area (Å²) in [4.78, 5) is 61.6. The number of hydrogen-bond acceptors (Lipinski definition) is 24. The van der Waals surface area contributed by atoms with Crippen molar-refractivity contribution in [3.63, 3.8) is 0 Å². The number of aryl methyl sites for hydroxylation is 6. The van der Waals surface area contributed by atoms with Crippen molar-refractivity contribution in [2.75, 3.05) is 142 Å². The van der Waals surface area contributed by atoms with Gasteiger partial charge in [0.1, 0.15) is 54.8 Å². The highest BCUT2D eigenvalue weighted by Gasteiger charge is 2.36. The van der Waals surface area contributed by atoms with Gasteiger partial charge in [0, 0.05) is 110 Å². The number of carbonyl (C=O) groups is 1. The number of aldehydes is 1. The second-order valence-electron chi connectivity index (χ2n) is 27.3. The van der Waals surface area contributed by atoms with E-state index in [1.807, 2.05) is 18.2 Å². The van der Waals surface area contributed by atoms with Crippen LogP contribution in [0.2, 0.25) is 5.15 Å². The Kier molecular flexibility index (Phi) is 36.9. The van der Waals surface area contributed by atoms with Crippen LogP contribution in [0.5, 0.6) is 0 Å². The largest absolute Gasteiger partial charge is 0.386 e. The lowest BCUT2D eigenvalue weighted by molar-refractivity contribution is -0.112. The van der Waals surface area contributed by atoms with E-state index >= 15 is 0 Å². The molecule has 105 heavy (non-hydrogen) atoms. The van der Waals surface area contributed by atoms with Crippen molar-refractivity contribution in [3.8, 4) is 0 Å². The van der Waals surface area contributed by atoms with Crippen molar-refractivity contribution in [1.82, 2.24) is 40.1 Å². The molecule has 26 nitrogen and oxygen atoms in total. The van der Waals surface area contributed by atoms with Crippen LogP contribution in [0.3, 0.4) is 0 Å². The Labute approximate surface area is 625 Å². The Morgan fingerprint density at radius 2 is 0.857 bits per heavy atom. The second-order valence-corrected chi connectivity index (χ2v) is 39.9. The molecular formula is C73H112ClN10O16P5. The molecule has 7 aromatic rings. The van der Waals surface area contributed by atoms with Crippen molar-refractivity contribution < 1.29 is 74.8 Å². The van der Waals surface area contributed by atoms with Crippen LogP contribution in [-0.4, -0.2) is 193 Å². The van der Waals surface area contributed by atoms with Gasteiger partial charge < -0.3 is 67.1 Å². The molecule has 582 valence electrons. The van der Waals surface area contributed by atoms with Gasteiger partial charge in [-0.05, 0) is 231 Å². The molecule has 4 aliphatic heterocycles. The van der Waals surface area contributed by atoms with Gasteiger partial charge in [0.2, 0.25) is 14.7 Å². The van der Waals surface area contributed by atoms with E-state index in [4.69, 9.17) is 35.5 Å². The molecule has 32 heteroatoms. The van der Waals surface area contributed by atoms with Crippen molar-refractivity contribution in [1.29, 1.82) is 0 Å². The van der Waals surface area contributed by atoms with Gasteiger partial charge in [-0.2, -0.15) is 0 Å². The first-order valence-electron chi connectivity index (χ1n) is 35.7. The Balaban J connectivity index is 0.000000203. The third kappa shape index (κ3) is 28.5. The smallest absolute Gasteiger partial charge is 0.342 e. The maximum Gasteiger partial charge on any atom is 0.342 e. The predicted octanol–water partition coefficient (Wildman–Crippen LogP) is 14.9. The summed E-state index contributed by atoms with van der Waals surface area (Å²) in [7, 11) is -8.47. The summed E-state index contributed by atoms with van der Waals surface area (Å²) in [5, 5.41) is 25.1. The van der Waals surface area contributed by atoms with Crippen LogP contribution < -0.4 is 15.1 Å². The van der Waals surface area contributed by atoms with Crippen LogP contribution in [0, 0.1) is 65.2 Å². The molecule has 0 spiro atoms. The van der Waals surface area contributed by atoms with Gasteiger partial charge in [-0.3, -0.25) is 27.7 Å². The number of nitrogens with zero attached hydrogens (tertiary/aromatic N) is 9. The number of aliphatic hydroxyl groups is 2. The maximum atomic E-state index is 12.2. The molecule has 0 radical (unpaired) electrons. The Bertz CT molecular complexity index is 4050. The number of rotatable bonds is 24. The van der Waals surface area contributed by atoms with Crippen LogP contribution >= 0.6 is 49.1 Å². The number of piperidine rings is 4. The molecule has 2 unspecified atom stereocenters. The van der Waals surface area contributed by atoms with E-state index in [0.717, 1.165) is 174 Å². The summed E-state index contributed by atoms with van der Waals surface area (Å²) in [6.07, 6.45) is 16.8. The van der Waals surface area contributed by atoms with Crippen LogP contribution in [0.15, 0.2) is 85.7 Å². The molecule has 0 aliphatic carbocycles. The molecule has 4 saturated heterocycles. The average molecular weight is 1580 g/mol. The molecule has 0 saturated carbocycles. The Morgan fingerprint density at radius 1 is 0.486 bits per heavy atom. The lowest BCUT2D eigenvalue weighted by Gasteiger charge is -2.33. The zero-order valence-corrected chi connectivity index (χ0v) is 68.4. The summed E-state index contributed by atoms with van der Waals surface area (Å²) in [6, 6.07) is 23.1. The molecular weight excluding hydrogens is 1460 g/mol. The van der Waals surface area contributed by atoms with Crippen LogP contribution in [0.1, 0.15) is 110 Å². The first-order chi connectivity index (χ1) is 50.0. The number of benzene rings is 4. The van der Waals surface area contributed by atoms with Crippen molar-refractivity contribution in [2.24, 2.45) is 23.7 Å². The second kappa shape index (κ2) is 43.5. The third-order valence-electron chi connectivity index (χ3n) is 20.2. The minimum Gasteiger partial charge on any atom is -0.386 e. The van der Waals surface area contributed by atoms with E-state index in [9.17, 15) is 32.7 Å². The van der Waals surface area contributed by atoms with Gasteiger partial charge >= 0.3 is 22.8 Å². The molecule has 0 bridgehead atoms. The van der Waals surface area contributed by atoms with Crippen molar-refractivity contribution in [2.45, 2.75) is 119 Å². The number of hydrogen-bond donors (Lipinski definition) is 5. The van der Waals surface area contributed by atoms with Gasteiger partial charge in [-0.25, -0.2) is 29.9 Å². The molecule has 3 aromatic heterocycles. The Hall–Kier alpha value is -4.87. The molecule has 0 amide bonds. The molecule has 4 aromatic carbocycles. The van der Waals surface area contributed by atoms with Crippen molar-refractivity contribution >= 4 is 99.8 Å². The van der Waals surface area contributed by atoms with Gasteiger partial charge in [0.05, 0.1) is 22.7 Å². The van der Waals surface area contributed by atoms with Crippen molar-refractivity contribution in [3.05, 3.63) is 130 Å². The van der Waals surface area contributed by atoms with Gasteiger partial charge in [-0.1, -0.05) is 41.9 Å². The fourth-order valence-corrected chi connectivity index (χ4v) is 19.8. The number of aliphatic hydroxyl groups excluding tert-OH is 2. The van der Waals surface area contributed by atoms with E-state index in [-0.39, 0.29) is 24.8 Å². The van der Waals surface area contributed by atoms with E-state index in [2.05, 4.69) is 158 Å². The van der Waals surface area contributed by atoms with E-state index in [1.165, 1.54) is 87.9 Å². The van der Waals surface area contributed by atoms with Gasteiger partial charge in [0.15, 0.2) is 5.90 Å². The van der Waals surface area contributed by atoms with Gasteiger partial charge in [-0.15, -0.1) is 0 Å². The summed E-state index contributed by atoms with van der Waals surface area (Å²) < 4.78 is 86.2. The molecule has 11 rings (SSSR count). The topological polar surface area (TPSA) is 338 Å². The lowest BCUT2D eigenvalue weighted by Crippen LogP contribution is -2.34. The first kappa shape index (κ1) is 89.0. The quantitative estimate of drug-likeness (QED) is 0.0213. The standard InChI is InChI=1S/C19H28N3O3P.C17H24N3O3P.C13H17NO.C10H9ClN2.C9H20NO3P.C5H14O6P2/c1-14-10-17-18(11-15(14)2)20-12-21-19(17)22-7-4-16(5-8-22)6-9-26(24,13-23)25-3;1-12-9-15-16(10-13(12)2)18-11-19-17(15)20-6-3-14(4-7-20)5-8-24(21,22)23;15-11-13-6-8-14(9-7-13)10-12-4-2-1-3-5-12;1-6-3-8-9(4-7(6)2)12-5-13-10(8)11;1-13-14(12,8-11)7-4-9-2-5-10-6-3-9;1-8-12(6,9-2)5-13(7,10-3)11-4/h10-12,16,23H,4-9,13H2,1-3H3;9-11,14H,3-8H2,1-2H3,(H2,21,22,23);1-5,11,13H,6-10H2;3-5H,1-2H3;9-11H,2-8H2,1H3;5H2,1-4H3. The molecule has 4 aliphatic rings. The summed E-state index contributed by atoms with van der Waals surface area (Å²) in [6.45, 7) is 21.4. The molecule has 7 heterocycles. The average Bonchev–Trinajstić information content (AvgIpc) is 0.696. The molecule has 5 N–H and O–H groups in total. The number of halogens is 1. The molecule has 4 fully saturated rings. The highest BCUT2D eigenvalue weighted by Crippen LogP contribution is 2.62. The predicted molar refractivity (Wildman–Crippen MR) is 420 cm³/mol. The zero-order chi connectivity index (χ0) is 77.0. The van der Waals surface area contributed by atoms with Gasteiger partial charge in [0.25, 0.3) is 0 Å². The monoisotopic (exact) mass is 1570 g/mol. The number of anilines is 2. The lowest BCUT2D eigenvalue weighted by atomic mass is 9.94. The normalized spacial score (nSPS) is 17.1. The number of likely N-dealkylation sites (tertiary alicyclic amines) is 1. The highest BCUT2D eigenvalue weighted by atomic mass is 35.5. The zero-order valence-electron chi connectivity index (χ0n) is 63.2. The maximum absolute atomic E-state index is 12.2.